The van der Waals surface area contributed by atoms with Gasteiger partial charge < -0.3 is 9.32 Å². The van der Waals surface area contributed by atoms with Gasteiger partial charge in [0.25, 0.3) is 0 Å². The maximum absolute atomic E-state index is 6.30. The first-order valence-electron chi connectivity index (χ1n) is 20.5. The number of furan rings is 1. The van der Waals surface area contributed by atoms with Crippen molar-refractivity contribution in [3.63, 3.8) is 0 Å². The molecule has 0 unspecified atom stereocenters. The van der Waals surface area contributed by atoms with Crippen LogP contribution >= 0.6 is 0 Å². The summed E-state index contributed by atoms with van der Waals surface area (Å²) >= 11 is 0. The Kier molecular flexibility index (Phi) is 8.87. The number of benzene rings is 10. The fraction of sp³-hybridized carbons (Fsp3) is 0. The molecule has 0 atom stereocenters. The molecule has 60 heavy (non-hydrogen) atoms. The average Bonchev–Trinajstić information content (AvgIpc) is 3.77. The van der Waals surface area contributed by atoms with Gasteiger partial charge in [0.1, 0.15) is 11.3 Å². The van der Waals surface area contributed by atoms with Crippen molar-refractivity contribution in [1.82, 2.24) is 0 Å². The molecule has 282 valence electrons. The van der Waals surface area contributed by atoms with Crippen LogP contribution in [-0.4, -0.2) is 0 Å². The van der Waals surface area contributed by atoms with Crippen LogP contribution in [0.4, 0.5) is 17.1 Å². The molecule has 11 aromatic rings. The van der Waals surface area contributed by atoms with Crippen LogP contribution in [0.2, 0.25) is 0 Å². The molecule has 0 amide bonds. The average molecular weight is 766 g/mol. The summed E-state index contributed by atoms with van der Waals surface area (Å²) in [4.78, 5) is 2.40. The third-order valence-corrected chi connectivity index (χ3v) is 11.7. The second-order valence-corrected chi connectivity index (χ2v) is 15.3. The van der Waals surface area contributed by atoms with Crippen LogP contribution in [0, 0.1) is 0 Å². The van der Waals surface area contributed by atoms with Gasteiger partial charge in [0.05, 0.1) is 5.69 Å². The maximum atomic E-state index is 6.30. The zero-order valence-electron chi connectivity index (χ0n) is 32.9. The van der Waals surface area contributed by atoms with E-state index in [-0.39, 0.29) is 0 Å². The van der Waals surface area contributed by atoms with E-state index >= 15 is 0 Å². The maximum Gasteiger partial charge on any atom is 0.135 e. The summed E-state index contributed by atoms with van der Waals surface area (Å²) in [5.74, 6) is 0.868. The van der Waals surface area contributed by atoms with Crippen LogP contribution in [-0.2, 0) is 0 Å². The van der Waals surface area contributed by atoms with Crippen molar-refractivity contribution < 1.29 is 4.42 Å². The lowest BCUT2D eigenvalue weighted by atomic mass is 9.94. The Bertz CT molecular complexity index is 3270. The second kappa shape index (κ2) is 15.1. The van der Waals surface area contributed by atoms with Gasteiger partial charge in [-0.1, -0.05) is 188 Å². The summed E-state index contributed by atoms with van der Waals surface area (Å²) in [6.07, 6.45) is 0. The van der Waals surface area contributed by atoms with Crippen molar-refractivity contribution in [1.29, 1.82) is 0 Å². The van der Waals surface area contributed by atoms with Gasteiger partial charge in [0.2, 0.25) is 0 Å². The second-order valence-electron chi connectivity index (χ2n) is 15.3. The van der Waals surface area contributed by atoms with Crippen molar-refractivity contribution in [2.75, 3.05) is 4.90 Å². The van der Waals surface area contributed by atoms with Crippen molar-refractivity contribution in [2.45, 2.75) is 0 Å². The van der Waals surface area contributed by atoms with Crippen LogP contribution in [0.1, 0.15) is 0 Å². The molecule has 1 aromatic heterocycles. The molecular weight excluding hydrogens is 727 g/mol. The van der Waals surface area contributed by atoms with Gasteiger partial charge in [-0.3, -0.25) is 0 Å². The standard InChI is InChI=1S/C58H39NO/c1-2-14-40(15-3-1)49-22-7-8-23-51(49)42-28-32-47(33-29-42)59(48-34-30-43(31-35-48)52-26-13-18-41-16-4-6-21-50(41)52)56-37-36-53(54-24-9-10-25-55(54)56)44-19-12-20-45(38-44)58-39-46-17-5-11-27-57(46)60-58/h1-39H. The largest absolute Gasteiger partial charge is 0.456 e. The van der Waals surface area contributed by atoms with Gasteiger partial charge in [-0.05, 0) is 109 Å². The molecule has 2 nitrogen and oxygen atoms in total. The summed E-state index contributed by atoms with van der Waals surface area (Å²) in [7, 11) is 0. The predicted octanol–water partition coefficient (Wildman–Crippen LogP) is 16.5. The monoisotopic (exact) mass is 765 g/mol. The number of rotatable bonds is 8. The van der Waals surface area contributed by atoms with Gasteiger partial charge >= 0.3 is 0 Å². The van der Waals surface area contributed by atoms with Crippen LogP contribution in [0.25, 0.3) is 88.3 Å². The normalized spacial score (nSPS) is 11.3. The van der Waals surface area contributed by atoms with Crippen LogP contribution < -0.4 is 4.90 Å². The molecule has 11 rings (SSSR count). The molecule has 0 spiro atoms. The third-order valence-electron chi connectivity index (χ3n) is 11.7. The third kappa shape index (κ3) is 6.41. The van der Waals surface area contributed by atoms with Crippen molar-refractivity contribution in [3.8, 4) is 55.8 Å². The lowest BCUT2D eigenvalue weighted by molar-refractivity contribution is 0.631. The fourth-order valence-electron chi connectivity index (χ4n) is 8.78. The number of hydrogen-bond donors (Lipinski definition) is 0. The van der Waals surface area contributed by atoms with Crippen LogP contribution in [0.15, 0.2) is 241 Å². The Morgan fingerprint density at radius 2 is 0.783 bits per heavy atom. The van der Waals surface area contributed by atoms with Gasteiger partial charge in [-0.2, -0.15) is 0 Å². The van der Waals surface area contributed by atoms with Gasteiger partial charge in [-0.15, -0.1) is 0 Å². The fourth-order valence-corrected chi connectivity index (χ4v) is 8.78. The van der Waals surface area contributed by atoms with Gasteiger partial charge in [0.15, 0.2) is 0 Å². The molecule has 0 N–H and O–H groups in total. The molecule has 0 aliphatic rings. The Morgan fingerprint density at radius 1 is 0.283 bits per heavy atom. The van der Waals surface area contributed by atoms with E-state index in [1.165, 1.54) is 60.5 Å². The first-order valence-corrected chi connectivity index (χ1v) is 20.5. The van der Waals surface area contributed by atoms with Gasteiger partial charge in [-0.25, -0.2) is 0 Å². The summed E-state index contributed by atoms with van der Waals surface area (Å²) in [5.41, 5.74) is 14.8. The number of nitrogens with zero attached hydrogens (tertiary/aromatic N) is 1. The summed E-state index contributed by atoms with van der Waals surface area (Å²) < 4.78 is 6.30. The zero-order chi connectivity index (χ0) is 39.8. The van der Waals surface area contributed by atoms with Crippen molar-refractivity contribution in [3.05, 3.63) is 237 Å². The Labute approximate surface area is 349 Å². The van der Waals surface area contributed by atoms with Crippen molar-refractivity contribution in [2.24, 2.45) is 0 Å². The summed E-state index contributed by atoms with van der Waals surface area (Å²) in [5, 5.41) is 5.95. The van der Waals surface area contributed by atoms with E-state index in [1.54, 1.807) is 0 Å². The minimum atomic E-state index is 0.868. The van der Waals surface area contributed by atoms with Crippen molar-refractivity contribution >= 4 is 49.6 Å². The smallest absolute Gasteiger partial charge is 0.135 e. The van der Waals surface area contributed by atoms with Crippen LogP contribution in [0.5, 0.6) is 0 Å². The molecule has 0 saturated heterocycles. The Hall–Kier alpha value is -7.94. The molecule has 0 saturated carbocycles. The lowest BCUT2D eigenvalue weighted by Crippen LogP contribution is -2.10. The highest BCUT2D eigenvalue weighted by atomic mass is 16.3. The lowest BCUT2D eigenvalue weighted by Gasteiger charge is -2.28. The molecule has 0 radical (unpaired) electrons. The highest BCUT2D eigenvalue weighted by Gasteiger charge is 2.19. The summed E-state index contributed by atoms with van der Waals surface area (Å²) in [6, 6.07) is 84.9. The first kappa shape index (κ1) is 35.2. The first-order chi connectivity index (χ1) is 29.7. The van der Waals surface area contributed by atoms with E-state index in [9.17, 15) is 0 Å². The molecule has 1 heterocycles. The highest BCUT2D eigenvalue weighted by Crippen LogP contribution is 2.44. The quantitative estimate of drug-likeness (QED) is 0.153. The Morgan fingerprint density at radius 3 is 1.52 bits per heavy atom. The number of hydrogen-bond acceptors (Lipinski definition) is 2. The number of para-hydroxylation sites is 1. The van der Waals surface area contributed by atoms with E-state index in [2.05, 4.69) is 223 Å². The number of anilines is 3. The van der Waals surface area contributed by atoms with E-state index in [1.807, 2.05) is 18.2 Å². The molecule has 10 aromatic carbocycles. The highest BCUT2D eigenvalue weighted by molar-refractivity contribution is 6.07. The molecular formula is C58H39NO. The summed E-state index contributed by atoms with van der Waals surface area (Å²) in [6.45, 7) is 0. The van der Waals surface area contributed by atoms with E-state index in [0.717, 1.165) is 44.9 Å². The molecule has 0 fully saturated rings. The number of fused-ring (bicyclic) bond motifs is 3. The van der Waals surface area contributed by atoms with Crippen LogP contribution in [0.3, 0.4) is 0 Å². The predicted molar refractivity (Wildman–Crippen MR) is 253 cm³/mol. The molecule has 0 aliphatic heterocycles. The Balaban J connectivity index is 1.04. The molecule has 0 aliphatic carbocycles. The molecule has 2 heteroatoms. The topological polar surface area (TPSA) is 16.4 Å². The van der Waals surface area contributed by atoms with Gasteiger partial charge in [0, 0.05) is 27.7 Å². The zero-order valence-corrected chi connectivity index (χ0v) is 32.9. The van der Waals surface area contributed by atoms with E-state index in [0.29, 0.717) is 0 Å². The SMILES string of the molecule is c1ccc(-c2ccccc2-c2ccc(N(c3ccc(-c4cccc5ccccc45)cc3)c3ccc(-c4cccc(-c5cc6ccccc6o5)c4)c4ccccc34)cc2)cc1. The minimum absolute atomic E-state index is 0.868. The minimum Gasteiger partial charge on any atom is -0.456 e. The van der Waals surface area contributed by atoms with E-state index < -0.39 is 0 Å². The molecule has 0 bridgehead atoms. The van der Waals surface area contributed by atoms with E-state index in [4.69, 9.17) is 4.42 Å².